The van der Waals surface area contributed by atoms with Gasteiger partial charge in [-0.05, 0) is 30.7 Å². The van der Waals surface area contributed by atoms with Crippen molar-refractivity contribution in [3.8, 4) is 17.6 Å². The summed E-state index contributed by atoms with van der Waals surface area (Å²) in [6.45, 7) is 5.29. The van der Waals surface area contributed by atoms with E-state index in [1.807, 2.05) is 26.0 Å². The summed E-state index contributed by atoms with van der Waals surface area (Å²) >= 11 is 0. The Morgan fingerprint density at radius 2 is 1.81 bits per heavy atom. The van der Waals surface area contributed by atoms with Gasteiger partial charge in [0.05, 0.1) is 23.9 Å². The second kappa shape index (κ2) is 14.5. The van der Waals surface area contributed by atoms with E-state index < -0.39 is 39.9 Å². The van der Waals surface area contributed by atoms with Crippen molar-refractivity contribution in [3.63, 3.8) is 0 Å². The first kappa shape index (κ1) is 32.8. The summed E-state index contributed by atoms with van der Waals surface area (Å²) in [4.78, 5) is 24.4. The van der Waals surface area contributed by atoms with Gasteiger partial charge in [0.2, 0.25) is 28.1 Å². The molecule has 1 aliphatic rings. The van der Waals surface area contributed by atoms with E-state index in [0.29, 0.717) is 17.1 Å². The number of carbonyl (C=O) groups excluding carboxylic acids is 2. The number of aliphatic hydroxyl groups is 1. The molecule has 0 spiro atoms. The molecular weight excluding hydrogens is 562 g/mol. The van der Waals surface area contributed by atoms with Crippen LogP contribution in [0.2, 0.25) is 0 Å². The Morgan fingerprint density at radius 3 is 2.45 bits per heavy atom. The van der Waals surface area contributed by atoms with Crippen molar-refractivity contribution in [1.29, 1.82) is 5.26 Å². The molecule has 1 heterocycles. The van der Waals surface area contributed by atoms with E-state index in [4.69, 9.17) is 9.47 Å². The summed E-state index contributed by atoms with van der Waals surface area (Å²) < 4.78 is 40.4. The van der Waals surface area contributed by atoms with Gasteiger partial charge in [0, 0.05) is 38.9 Å². The lowest BCUT2D eigenvalue weighted by molar-refractivity contribution is -0.123. The van der Waals surface area contributed by atoms with Crippen molar-refractivity contribution in [2.45, 2.75) is 63.0 Å². The summed E-state index contributed by atoms with van der Waals surface area (Å²) in [5.41, 5.74) is -1.23. The Bertz CT molecular complexity index is 1380. The fourth-order valence-electron chi connectivity index (χ4n) is 4.59. The van der Waals surface area contributed by atoms with Crippen LogP contribution in [0.4, 0.5) is 0 Å². The molecule has 12 nitrogen and oxygen atoms in total. The smallest absolute Gasteiger partial charge is 0.245 e. The summed E-state index contributed by atoms with van der Waals surface area (Å²) in [5.74, 6) is -0.390. The minimum Gasteiger partial charge on any atom is -0.451 e. The average Bonchev–Trinajstić information content (AvgIpc) is 3.31. The Kier molecular flexibility index (Phi) is 11.3. The fourth-order valence-corrected chi connectivity index (χ4v) is 6.44. The molecule has 42 heavy (non-hydrogen) atoms. The predicted octanol–water partition coefficient (Wildman–Crippen LogP) is 1.51. The van der Waals surface area contributed by atoms with Gasteiger partial charge in [0.15, 0.2) is 11.5 Å². The van der Waals surface area contributed by atoms with Crippen LogP contribution in [-0.4, -0.2) is 74.4 Å². The van der Waals surface area contributed by atoms with Crippen LogP contribution < -0.4 is 25.4 Å². The summed E-state index contributed by atoms with van der Waals surface area (Å²) in [6, 6.07) is 14.2. The zero-order valence-electron chi connectivity index (χ0n) is 24.3. The Hall–Kier alpha value is -3.70. The first-order valence-electron chi connectivity index (χ1n) is 13.7. The average molecular weight is 602 g/mol. The van der Waals surface area contributed by atoms with Gasteiger partial charge in [-0.15, -0.1) is 0 Å². The van der Waals surface area contributed by atoms with Crippen LogP contribution in [0, 0.1) is 17.2 Å². The molecule has 2 aromatic carbocycles. The standard InChI is InChI=1S/C29H39N5O7S/c1-20(2)19-34(42(38,39)24-10-11-25-26(15-24)41-21(3)40-25)29(37,16-22-8-6-5-7-9-22)12-13-32-27(35)14-23(17-30)33-28(36)18-31-4/h5-11,15,20-21,23,31,37H,12-14,16,18-19H2,1-4H3,(H,32,35)(H,33,36). The number of likely N-dealkylation sites (N-methyl/N-ethyl adjacent to an activating group) is 1. The molecule has 1 aliphatic heterocycles. The molecule has 2 aromatic rings. The molecule has 0 bridgehead atoms. The van der Waals surface area contributed by atoms with E-state index in [2.05, 4.69) is 16.0 Å². The molecule has 3 atom stereocenters. The highest BCUT2D eigenvalue weighted by atomic mass is 32.2. The van der Waals surface area contributed by atoms with Gasteiger partial charge in [0.25, 0.3) is 0 Å². The number of benzene rings is 2. The number of hydrogen-bond acceptors (Lipinski definition) is 9. The Balaban J connectivity index is 1.86. The Morgan fingerprint density at radius 1 is 1.12 bits per heavy atom. The van der Waals surface area contributed by atoms with Crippen molar-refractivity contribution in [2.24, 2.45) is 5.92 Å². The molecule has 13 heteroatoms. The topological polar surface area (TPSA) is 170 Å². The number of amides is 2. The minimum atomic E-state index is -4.27. The molecule has 228 valence electrons. The molecule has 0 aromatic heterocycles. The van der Waals surface area contributed by atoms with Crippen molar-refractivity contribution >= 4 is 21.8 Å². The number of sulfonamides is 1. The normalized spacial score (nSPS) is 16.5. The van der Waals surface area contributed by atoms with Crippen LogP contribution in [0.25, 0.3) is 0 Å². The van der Waals surface area contributed by atoms with Crippen LogP contribution in [0.15, 0.2) is 53.4 Å². The third kappa shape index (κ3) is 8.65. The molecule has 0 saturated carbocycles. The third-order valence-electron chi connectivity index (χ3n) is 6.48. The molecule has 4 N–H and O–H groups in total. The zero-order valence-corrected chi connectivity index (χ0v) is 25.1. The monoisotopic (exact) mass is 601 g/mol. The minimum absolute atomic E-state index is 0.00153. The highest BCUT2D eigenvalue weighted by Gasteiger charge is 2.43. The van der Waals surface area contributed by atoms with Crippen LogP contribution >= 0.6 is 0 Å². The lowest BCUT2D eigenvalue weighted by Gasteiger charge is -2.40. The van der Waals surface area contributed by atoms with Gasteiger partial charge in [-0.1, -0.05) is 44.2 Å². The molecule has 0 radical (unpaired) electrons. The predicted molar refractivity (Wildman–Crippen MR) is 155 cm³/mol. The van der Waals surface area contributed by atoms with Gasteiger partial charge >= 0.3 is 0 Å². The maximum atomic E-state index is 14.1. The lowest BCUT2D eigenvalue weighted by Crippen LogP contribution is -2.56. The lowest BCUT2D eigenvalue weighted by atomic mass is 9.98. The van der Waals surface area contributed by atoms with Gasteiger partial charge in [-0.25, -0.2) is 8.42 Å². The SMILES string of the molecule is CNCC(=O)NC(C#N)CC(=O)NCCC(O)(Cc1ccccc1)N(CC(C)C)S(=O)(=O)c1ccc2c(c1)OC(C)O2. The first-order chi connectivity index (χ1) is 19.9. The molecule has 2 amide bonds. The number of hydrogen-bond donors (Lipinski definition) is 4. The van der Waals surface area contributed by atoms with E-state index in [9.17, 15) is 28.4 Å². The van der Waals surface area contributed by atoms with Crippen LogP contribution in [0.5, 0.6) is 11.5 Å². The first-order valence-corrected chi connectivity index (χ1v) is 15.2. The molecular formula is C29H39N5O7S. The largest absolute Gasteiger partial charge is 0.451 e. The van der Waals surface area contributed by atoms with E-state index in [1.165, 1.54) is 18.2 Å². The van der Waals surface area contributed by atoms with Gasteiger partial charge < -0.3 is 30.5 Å². The summed E-state index contributed by atoms with van der Waals surface area (Å²) in [7, 11) is -2.68. The number of nitrogens with one attached hydrogen (secondary N) is 3. The van der Waals surface area contributed by atoms with Crippen molar-refractivity contribution in [2.75, 3.05) is 26.7 Å². The number of rotatable bonds is 15. The number of nitrogens with zero attached hydrogens (tertiary/aromatic N) is 2. The van der Waals surface area contributed by atoms with Gasteiger partial charge in [-0.3, -0.25) is 9.59 Å². The number of fused-ring (bicyclic) bond motifs is 1. The van der Waals surface area contributed by atoms with Crippen LogP contribution in [0.1, 0.15) is 39.2 Å². The van der Waals surface area contributed by atoms with Crippen molar-refractivity contribution < 1.29 is 32.6 Å². The quantitative estimate of drug-likeness (QED) is 0.221. The van der Waals surface area contributed by atoms with Gasteiger partial charge in [-0.2, -0.15) is 9.57 Å². The van der Waals surface area contributed by atoms with Crippen molar-refractivity contribution in [1.82, 2.24) is 20.3 Å². The molecule has 0 aliphatic carbocycles. The summed E-state index contributed by atoms with van der Waals surface area (Å²) in [6.07, 6.45) is -1.05. The molecule has 3 unspecified atom stereocenters. The van der Waals surface area contributed by atoms with Gasteiger partial charge in [0.1, 0.15) is 11.8 Å². The number of ether oxygens (including phenoxy) is 2. The van der Waals surface area contributed by atoms with Crippen molar-refractivity contribution in [3.05, 3.63) is 54.1 Å². The third-order valence-corrected chi connectivity index (χ3v) is 8.40. The maximum absolute atomic E-state index is 14.1. The maximum Gasteiger partial charge on any atom is 0.245 e. The zero-order chi connectivity index (χ0) is 30.9. The molecule has 0 saturated heterocycles. The Labute approximate surface area is 247 Å². The van der Waals surface area contributed by atoms with E-state index in [0.717, 1.165) is 4.31 Å². The van der Waals surface area contributed by atoms with E-state index in [1.54, 1.807) is 38.2 Å². The summed E-state index contributed by atoms with van der Waals surface area (Å²) in [5, 5.41) is 29.3. The van der Waals surface area contributed by atoms with E-state index >= 15 is 0 Å². The molecule has 0 fully saturated rings. The van der Waals surface area contributed by atoms with E-state index in [-0.39, 0.29) is 49.7 Å². The number of carbonyl (C=O) groups is 2. The van der Waals surface area contributed by atoms with Crippen LogP contribution in [0.3, 0.4) is 0 Å². The second-order valence-corrected chi connectivity index (χ2v) is 12.4. The highest BCUT2D eigenvalue weighted by molar-refractivity contribution is 7.89. The second-order valence-electron chi connectivity index (χ2n) is 10.6. The highest BCUT2D eigenvalue weighted by Crippen LogP contribution is 2.38. The fraction of sp³-hybridized carbons (Fsp3) is 0.483. The molecule has 3 rings (SSSR count). The van der Waals surface area contributed by atoms with Crippen LogP contribution in [-0.2, 0) is 26.0 Å². The number of nitriles is 1.